The molecule has 1 saturated heterocycles. The van der Waals surface area contributed by atoms with Gasteiger partial charge in [0.1, 0.15) is 0 Å². The van der Waals surface area contributed by atoms with Crippen LogP contribution >= 0.6 is 11.8 Å². The summed E-state index contributed by atoms with van der Waals surface area (Å²) in [6.07, 6.45) is 2.44. The summed E-state index contributed by atoms with van der Waals surface area (Å²) >= 11 is 1.92. The number of nitrogens with one attached hydrogen (secondary N) is 1. The maximum atomic E-state index is 11.6. The van der Waals surface area contributed by atoms with Crippen molar-refractivity contribution >= 4 is 23.6 Å². The van der Waals surface area contributed by atoms with Gasteiger partial charge in [-0.15, -0.1) is 0 Å². The summed E-state index contributed by atoms with van der Waals surface area (Å²) in [4.78, 5) is 22.0. The fourth-order valence-corrected chi connectivity index (χ4v) is 2.92. The molecule has 0 radical (unpaired) electrons. The Labute approximate surface area is 100 Å². The molecular weight excluding hydrogens is 226 g/mol. The third-order valence-corrected chi connectivity index (χ3v) is 3.69. The van der Waals surface area contributed by atoms with Crippen molar-refractivity contribution in [3.63, 3.8) is 0 Å². The van der Waals surface area contributed by atoms with Gasteiger partial charge in [0.15, 0.2) is 0 Å². The monoisotopic (exact) mass is 245 g/mol. The van der Waals surface area contributed by atoms with Gasteiger partial charge in [0.05, 0.1) is 0 Å². The lowest BCUT2D eigenvalue weighted by Gasteiger charge is -2.23. The Morgan fingerprint density at radius 3 is 2.56 bits per heavy atom. The fourth-order valence-electron chi connectivity index (χ4n) is 1.82. The quantitative estimate of drug-likeness (QED) is 0.770. The first-order valence-corrected chi connectivity index (χ1v) is 6.82. The van der Waals surface area contributed by atoms with Crippen molar-refractivity contribution in [3.8, 4) is 0 Å². The van der Waals surface area contributed by atoms with Crippen LogP contribution in [0, 0.1) is 5.92 Å². The second-order valence-corrected chi connectivity index (χ2v) is 5.59. The molecule has 0 spiro atoms. The number of carboxylic acid groups (broad SMARTS) is 1. The Hall–Kier alpha value is -0.710. The van der Waals surface area contributed by atoms with Gasteiger partial charge in [0.2, 0.25) is 5.91 Å². The molecule has 1 fully saturated rings. The van der Waals surface area contributed by atoms with Crippen molar-refractivity contribution in [2.24, 2.45) is 5.92 Å². The molecule has 1 unspecified atom stereocenters. The number of carbonyl (C=O) groups excluding carboxylic acids is 1. The molecule has 1 atom stereocenters. The minimum atomic E-state index is -0.839. The lowest BCUT2D eigenvalue weighted by Crippen LogP contribution is -2.38. The van der Waals surface area contributed by atoms with Crippen LogP contribution in [0.4, 0.5) is 0 Å². The van der Waals surface area contributed by atoms with Crippen molar-refractivity contribution in [1.82, 2.24) is 5.32 Å². The standard InChI is InChI=1S/C11H19NO3S/c1-8(7-11(14)15)6-10(13)12-9-2-4-16-5-3-9/h8-9H,2-7H2,1H3,(H,12,13)(H,14,15). The fraction of sp³-hybridized carbons (Fsp3) is 0.818. The molecule has 5 heteroatoms. The van der Waals surface area contributed by atoms with Crippen LogP contribution < -0.4 is 5.32 Å². The summed E-state index contributed by atoms with van der Waals surface area (Å²) in [6.45, 7) is 1.80. The van der Waals surface area contributed by atoms with E-state index >= 15 is 0 Å². The molecule has 1 aliphatic rings. The zero-order chi connectivity index (χ0) is 12.0. The van der Waals surface area contributed by atoms with Crippen molar-refractivity contribution < 1.29 is 14.7 Å². The summed E-state index contributed by atoms with van der Waals surface area (Å²) in [5.74, 6) is 1.28. The molecule has 0 aromatic heterocycles. The first-order valence-electron chi connectivity index (χ1n) is 5.67. The number of hydrogen-bond donors (Lipinski definition) is 2. The van der Waals surface area contributed by atoms with E-state index in [9.17, 15) is 9.59 Å². The van der Waals surface area contributed by atoms with Gasteiger partial charge in [-0.2, -0.15) is 11.8 Å². The van der Waals surface area contributed by atoms with Crippen LogP contribution in [-0.2, 0) is 9.59 Å². The Morgan fingerprint density at radius 2 is 2.00 bits per heavy atom. The van der Waals surface area contributed by atoms with E-state index in [4.69, 9.17) is 5.11 Å². The van der Waals surface area contributed by atoms with Crippen LogP contribution in [0.1, 0.15) is 32.6 Å². The average Bonchev–Trinajstić information content (AvgIpc) is 2.17. The van der Waals surface area contributed by atoms with Crippen LogP contribution in [0.5, 0.6) is 0 Å². The molecule has 1 amide bonds. The molecule has 1 aliphatic heterocycles. The molecule has 1 heterocycles. The predicted molar refractivity (Wildman–Crippen MR) is 64.5 cm³/mol. The van der Waals surface area contributed by atoms with Gasteiger partial charge in [-0.05, 0) is 30.3 Å². The highest BCUT2D eigenvalue weighted by Gasteiger charge is 2.18. The molecule has 0 saturated carbocycles. The van der Waals surface area contributed by atoms with Gasteiger partial charge in [-0.25, -0.2) is 0 Å². The van der Waals surface area contributed by atoms with Crippen molar-refractivity contribution in [3.05, 3.63) is 0 Å². The van der Waals surface area contributed by atoms with Gasteiger partial charge in [-0.3, -0.25) is 9.59 Å². The highest BCUT2D eigenvalue weighted by molar-refractivity contribution is 7.99. The molecule has 1 rings (SSSR count). The lowest BCUT2D eigenvalue weighted by atomic mass is 10.0. The molecule has 16 heavy (non-hydrogen) atoms. The second kappa shape index (κ2) is 6.78. The summed E-state index contributed by atoms with van der Waals surface area (Å²) in [6, 6.07) is 0.297. The van der Waals surface area contributed by atoms with E-state index in [1.165, 1.54) is 0 Å². The maximum Gasteiger partial charge on any atom is 0.303 e. The highest BCUT2D eigenvalue weighted by atomic mass is 32.2. The number of hydrogen-bond acceptors (Lipinski definition) is 3. The lowest BCUT2D eigenvalue weighted by molar-refractivity contribution is -0.138. The van der Waals surface area contributed by atoms with Gasteiger partial charge in [-0.1, -0.05) is 6.92 Å². The van der Waals surface area contributed by atoms with E-state index < -0.39 is 5.97 Å². The van der Waals surface area contributed by atoms with Crippen molar-refractivity contribution in [2.75, 3.05) is 11.5 Å². The number of amides is 1. The molecule has 0 aromatic carbocycles. The second-order valence-electron chi connectivity index (χ2n) is 4.36. The first kappa shape index (κ1) is 13.4. The smallest absolute Gasteiger partial charge is 0.303 e. The third-order valence-electron chi connectivity index (χ3n) is 2.64. The molecule has 92 valence electrons. The number of carboxylic acids is 1. The summed E-state index contributed by atoms with van der Waals surface area (Å²) < 4.78 is 0. The van der Waals surface area contributed by atoms with Gasteiger partial charge < -0.3 is 10.4 Å². The third kappa shape index (κ3) is 5.39. The number of carbonyl (C=O) groups is 2. The van der Waals surface area contributed by atoms with E-state index in [-0.39, 0.29) is 18.2 Å². The normalized spacial score (nSPS) is 19.1. The van der Waals surface area contributed by atoms with E-state index in [1.807, 2.05) is 11.8 Å². The van der Waals surface area contributed by atoms with E-state index in [0.717, 1.165) is 24.3 Å². The Balaban J connectivity index is 2.21. The maximum absolute atomic E-state index is 11.6. The minimum Gasteiger partial charge on any atom is -0.481 e. The van der Waals surface area contributed by atoms with Crippen LogP contribution in [0.15, 0.2) is 0 Å². The van der Waals surface area contributed by atoms with Crippen LogP contribution in [0.3, 0.4) is 0 Å². The number of aliphatic carboxylic acids is 1. The Bertz CT molecular complexity index is 252. The predicted octanol–water partition coefficient (Wildman–Crippen LogP) is 1.50. The average molecular weight is 245 g/mol. The van der Waals surface area contributed by atoms with Gasteiger partial charge in [0, 0.05) is 18.9 Å². The van der Waals surface area contributed by atoms with Crippen molar-refractivity contribution in [1.29, 1.82) is 0 Å². The SMILES string of the molecule is CC(CC(=O)O)CC(=O)NC1CCSCC1. The Kier molecular flexibility index (Phi) is 5.66. The van der Waals surface area contributed by atoms with E-state index in [0.29, 0.717) is 12.5 Å². The summed E-state index contributed by atoms with van der Waals surface area (Å²) in [5.41, 5.74) is 0. The molecule has 0 aliphatic carbocycles. The first-order chi connectivity index (χ1) is 7.58. The molecular formula is C11H19NO3S. The van der Waals surface area contributed by atoms with Crippen molar-refractivity contribution in [2.45, 2.75) is 38.6 Å². The van der Waals surface area contributed by atoms with Crippen LogP contribution in [-0.4, -0.2) is 34.5 Å². The molecule has 4 nitrogen and oxygen atoms in total. The van der Waals surface area contributed by atoms with Crippen LogP contribution in [0.25, 0.3) is 0 Å². The summed E-state index contributed by atoms with van der Waals surface area (Å²) in [7, 11) is 0. The largest absolute Gasteiger partial charge is 0.481 e. The zero-order valence-corrected chi connectivity index (χ0v) is 10.4. The molecule has 0 aromatic rings. The zero-order valence-electron chi connectivity index (χ0n) is 9.57. The number of rotatable bonds is 5. The van der Waals surface area contributed by atoms with E-state index in [1.54, 1.807) is 6.92 Å². The highest BCUT2D eigenvalue weighted by Crippen LogP contribution is 2.17. The van der Waals surface area contributed by atoms with Crippen LogP contribution in [0.2, 0.25) is 0 Å². The number of thioether (sulfide) groups is 1. The topological polar surface area (TPSA) is 66.4 Å². The van der Waals surface area contributed by atoms with E-state index in [2.05, 4.69) is 5.32 Å². The molecule has 2 N–H and O–H groups in total. The Morgan fingerprint density at radius 1 is 1.38 bits per heavy atom. The van der Waals surface area contributed by atoms with Gasteiger partial charge in [0.25, 0.3) is 0 Å². The van der Waals surface area contributed by atoms with Gasteiger partial charge >= 0.3 is 5.97 Å². The summed E-state index contributed by atoms with van der Waals surface area (Å²) in [5, 5.41) is 11.6. The minimum absolute atomic E-state index is 0.00866. The molecule has 0 bridgehead atoms.